The van der Waals surface area contributed by atoms with Crippen molar-refractivity contribution in [2.24, 2.45) is 0 Å². The van der Waals surface area contributed by atoms with Gasteiger partial charge in [-0.2, -0.15) is 0 Å². The smallest absolute Gasteiger partial charge is 0.269 e. The maximum Gasteiger partial charge on any atom is 0.269 e. The Balaban J connectivity index is 0.00000484. The number of halogens is 1. The number of carbonyl (C=O) groups is 3. The van der Waals surface area contributed by atoms with Gasteiger partial charge in [0.15, 0.2) is 0 Å². The van der Waals surface area contributed by atoms with Gasteiger partial charge in [0, 0.05) is 30.1 Å². The highest BCUT2D eigenvalue weighted by Gasteiger charge is 2.40. The molecule has 4 rings (SSSR count). The lowest BCUT2D eigenvalue weighted by Gasteiger charge is -2.41. The van der Waals surface area contributed by atoms with E-state index in [1.165, 1.54) is 12.1 Å². The lowest BCUT2D eigenvalue weighted by atomic mass is 9.70. The molecule has 0 saturated carbocycles. The molecule has 2 aromatic carbocycles. The van der Waals surface area contributed by atoms with E-state index < -0.39 is 16.3 Å². The van der Waals surface area contributed by atoms with Gasteiger partial charge in [-0.05, 0) is 70.8 Å². The van der Waals surface area contributed by atoms with Gasteiger partial charge in [0.2, 0.25) is 12.8 Å². The van der Waals surface area contributed by atoms with Crippen LogP contribution < -0.4 is 10.6 Å². The first-order chi connectivity index (χ1) is 19.7. The highest BCUT2D eigenvalue weighted by atomic mass is 35.5. The second-order valence-corrected chi connectivity index (χ2v) is 10.7. The molecule has 0 aromatic heterocycles. The molecule has 2 aliphatic rings. The Morgan fingerprint density at radius 3 is 2.29 bits per heavy atom. The van der Waals surface area contributed by atoms with Crippen LogP contribution in [0, 0.1) is 10.1 Å². The van der Waals surface area contributed by atoms with Crippen LogP contribution in [0.2, 0.25) is 0 Å². The zero-order valence-electron chi connectivity index (χ0n) is 24.2. The van der Waals surface area contributed by atoms with E-state index in [0.29, 0.717) is 30.8 Å². The number of hydrogen-bond donors (Lipinski definition) is 2. The molecule has 2 aromatic rings. The van der Waals surface area contributed by atoms with Crippen LogP contribution in [0.25, 0.3) is 0 Å². The minimum absolute atomic E-state index is 0. The summed E-state index contributed by atoms with van der Waals surface area (Å²) in [5.41, 5.74) is 4.07. The van der Waals surface area contributed by atoms with E-state index in [4.69, 9.17) is 0 Å². The van der Waals surface area contributed by atoms with Crippen LogP contribution in [-0.4, -0.2) is 59.5 Å². The fourth-order valence-electron chi connectivity index (χ4n) is 6.19. The number of allylic oxidation sites excluding steroid dienone is 2. The monoisotopic (exact) mass is 595 g/mol. The van der Waals surface area contributed by atoms with Gasteiger partial charge in [-0.1, -0.05) is 42.5 Å². The van der Waals surface area contributed by atoms with Gasteiger partial charge in [0.05, 0.1) is 27.7 Å². The number of Topliss-reactive ketones (excluding diaryl/α,β-unsaturated/α-hetero) is 1. The topological polar surface area (TPSA) is 125 Å². The first-order valence-electron chi connectivity index (χ1n) is 13.9. The number of rotatable bonds is 12. The zero-order chi connectivity index (χ0) is 29.6. The molecule has 0 aliphatic carbocycles. The molecular weight excluding hydrogens is 558 g/mol. The number of ketones is 1. The molecule has 0 radical (unpaired) electrons. The minimum atomic E-state index is -0.496. The van der Waals surface area contributed by atoms with Crippen LogP contribution in [0.3, 0.4) is 0 Å². The Labute approximate surface area is 252 Å². The summed E-state index contributed by atoms with van der Waals surface area (Å²) in [6.45, 7) is 8.19. The molecule has 2 aliphatic heterocycles. The molecule has 2 amide bonds. The molecule has 224 valence electrons. The summed E-state index contributed by atoms with van der Waals surface area (Å²) in [7, 11) is 0. The SMILES string of the molecule is CC(=O)C1(c2ccccc2)CCN(CCCN(C=O)C2=C(C)NC(C)=C(NC=O)C2c2ccc([N+](=O)[O-])cc2)CC1.Cl. The normalized spacial score (nSPS) is 18.4. The van der Waals surface area contributed by atoms with Crippen molar-refractivity contribution in [2.75, 3.05) is 26.2 Å². The number of hydrogen-bond acceptors (Lipinski definition) is 7. The molecule has 0 bridgehead atoms. The predicted molar refractivity (Wildman–Crippen MR) is 163 cm³/mol. The number of nitrogens with one attached hydrogen (secondary N) is 2. The average Bonchev–Trinajstić information content (AvgIpc) is 2.98. The molecule has 2 N–H and O–H groups in total. The lowest BCUT2D eigenvalue weighted by molar-refractivity contribution is -0.384. The average molecular weight is 596 g/mol. The van der Waals surface area contributed by atoms with E-state index in [9.17, 15) is 24.5 Å². The summed E-state index contributed by atoms with van der Waals surface area (Å²) in [6, 6.07) is 16.2. The van der Waals surface area contributed by atoms with E-state index in [1.807, 2.05) is 44.2 Å². The van der Waals surface area contributed by atoms with Crippen LogP contribution in [-0.2, 0) is 19.8 Å². The van der Waals surface area contributed by atoms with E-state index in [2.05, 4.69) is 15.5 Å². The molecule has 1 atom stereocenters. The van der Waals surface area contributed by atoms with Crippen LogP contribution >= 0.6 is 12.4 Å². The molecule has 0 spiro atoms. The number of carbonyl (C=O) groups excluding carboxylic acids is 3. The Hall–Kier alpha value is -4.02. The third-order valence-corrected chi connectivity index (χ3v) is 8.40. The number of benzene rings is 2. The number of non-ortho nitro benzene ring substituents is 1. The number of nitrogens with zero attached hydrogens (tertiary/aromatic N) is 3. The standard InChI is InChI=1S/C31H37N5O5.ClH/c1-22-29(32-20-37)28(25-10-12-27(13-11-25)36(40)41)30(23(2)33-22)35(21-38)17-7-16-34-18-14-31(15-19-34,24(3)39)26-8-5-4-6-9-26;/h4-6,8-13,20-21,28,33H,7,14-19H2,1-3H3,(H,32,37);1H. The lowest BCUT2D eigenvalue weighted by Crippen LogP contribution is -2.47. The second kappa shape index (κ2) is 14.2. The van der Waals surface area contributed by atoms with Gasteiger partial charge < -0.3 is 20.4 Å². The fraction of sp³-hybridized carbons (Fsp3) is 0.387. The Morgan fingerprint density at radius 1 is 1.10 bits per heavy atom. The van der Waals surface area contributed by atoms with Gasteiger partial charge in [-0.15, -0.1) is 12.4 Å². The van der Waals surface area contributed by atoms with Crippen LogP contribution in [0.5, 0.6) is 0 Å². The van der Waals surface area contributed by atoms with Gasteiger partial charge in [-0.25, -0.2) is 0 Å². The molecular formula is C31H38ClN5O5. The minimum Gasteiger partial charge on any atom is -0.360 e. The summed E-state index contributed by atoms with van der Waals surface area (Å²) in [5, 5.41) is 17.3. The van der Waals surface area contributed by atoms with Gasteiger partial charge in [-0.3, -0.25) is 24.5 Å². The largest absolute Gasteiger partial charge is 0.360 e. The number of amides is 2. The Morgan fingerprint density at radius 2 is 1.74 bits per heavy atom. The van der Waals surface area contributed by atoms with Crippen molar-refractivity contribution in [3.8, 4) is 0 Å². The van der Waals surface area contributed by atoms with Crippen molar-refractivity contribution >= 4 is 36.7 Å². The van der Waals surface area contributed by atoms with Gasteiger partial charge in [0.1, 0.15) is 5.78 Å². The molecule has 1 unspecified atom stereocenters. The maximum absolute atomic E-state index is 12.7. The quantitative estimate of drug-likeness (QED) is 0.212. The van der Waals surface area contributed by atoms with E-state index in [1.54, 1.807) is 24.0 Å². The molecule has 10 nitrogen and oxygen atoms in total. The van der Waals surface area contributed by atoms with E-state index >= 15 is 0 Å². The van der Waals surface area contributed by atoms with E-state index in [-0.39, 0.29) is 23.9 Å². The molecule has 11 heteroatoms. The maximum atomic E-state index is 12.7. The second-order valence-electron chi connectivity index (χ2n) is 10.7. The summed E-state index contributed by atoms with van der Waals surface area (Å²) in [4.78, 5) is 51.4. The van der Waals surface area contributed by atoms with Crippen molar-refractivity contribution in [3.05, 3.63) is 98.6 Å². The molecule has 1 saturated heterocycles. The van der Waals surface area contributed by atoms with Crippen LogP contribution in [0.1, 0.15) is 57.1 Å². The Kier molecular flexibility index (Phi) is 11.0. The van der Waals surface area contributed by atoms with Crippen molar-refractivity contribution in [1.82, 2.24) is 20.4 Å². The number of nitro groups is 1. The summed E-state index contributed by atoms with van der Waals surface area (Å²) in [5.74, 6) is -0.299. The third-order valence-electron chi connectivity index (χ3n) is 8.40. The highest BCUT2D eigenvalue weighted by molar-refractivity contribution is 5.88. The van der Waals surface area contributed by atoms with Gasteiger partial charge in [0.25, 0.3) is 5.69 Å². The van der Waals surface area contributed by atoms with Crippen molar-refractivity contribution in [3.63, 3.8) is 0 Å². The molecule has 42 heavy (non-hydrogen) atoms. The van der Waals surface area contributed by atoms with Crippen molar-refractivity contribution in [2.45, 2.75) is 51.4 Å². The van der Waals surface area contributed by atoms with Gasteiger partial charge >= 0.3 is 0 Å². The Bertz CT molecular complexity index is 1350. The van der Waals surface area contributed by atoms with Crippen molar-refractivity contribution in [1.29, 1.82) is 0 Å². The highest BCUT2D eigenvalue weighted by Crippen LogP contribution is 2.39. The van der Waals surface area contributed by atoms with Crippen molar-refractivity contribution < 1.29 is 19.3 Å². The zero-order valence-corrected chi connectivity index (χ0v) is 25.0. The molecule has 1 fully saturated rings. The van der Waals surface area contributed by atoms with Crippen LogP contribution in [0.4, 0.5) is 5.69 Å². The first-order valence-corrected chi connectivity index (χ1v) is 13.9. The number of piperidine rings is 1. The predicted octanol–water partition coefficient (Wildman–Crippen LogP) is 4.38. The number of dihydropyridines is 1. The summed E-state index contributed by atoms with van der Waals surface area (Å²) >= 11 is 0. The summed E-state index contributed by atoms with van der Waals surface area (Å²) in [6.07, 6.45) is 3.61. The molecule has 2 heterocycles. The fourth-order valence-corrected chi connectivity index (χ4v) is 6.19. The third kappa shape index (κ3) is 6.71. The summed E-state index contributed by atoms with van der Waals surface area (Å²) < 4.78 is 0. The number of nitro benzene ring substituents is 1. The first kappa shape index (κ1) is 32.5. The van der Waals surface area contributed by atoms with Crippen LogP contribution in [0.15, 0.2) is 77.4 Å². The number of likely N-dealkylation sites (tertiary alicyclic amines) is 1. The van der Waals surface area contributed by atoms with E-state index in [0.717, 1.165) is 61.4 Å².